The number of halogens is 3. The van der Waals surface area contributed by atoms with E-state index in [1.807, 2.05) is 0 Å². The highest BCUT2D eigenvalue weighted by Gasteiger charge is 2.16. The topological polar surface area (TPSA) is 20.3 Å². The van der Waals surface area contributed by atoms with Gasteiger partial charge in [0, 0.05) is 18.8 Å². The number of unbranched alkanes of at least 4 members (excludes halogenated alkanes) is 5. The molecule has 0 saturated carbocycles. The molecule has 0 bridgehead atoms. The van der Waals surface area contributed by atoms with Gasteiger partial charge in [-0.15, -0.1) is 11.6 Å². The van der Waals surface area contributed by atoms with Crippen LogP contribution < -0.4 is 0 Å². The SMILES string of the molecule is CCCCCCCCC(=O)N(CCCl)CC(F)F. The Hall–Kier alpha value is -0.380. The number of alkyl halides is 3. The van der Waals surface area contributed by atoms with E-state index in [4.69, 9.17) is 11.6 Å². The third-order valence-corrected chi connectivity index (χ3v) is 2.98. The summed E-state index contributed by atoms with van der Waals surface area (Å²) in [7, 11) is 0. The van der Waals surface area contributed by atoms with Gasteiger partial charge in [-0.3, -0.25) is 4.79 Å². The lowest BCUT2D eigenvalue weighted by Gasteiger charge is -2.21. The molecule has 0 rings (SSSR count). The normalized spacial score (nSPS) is 10.9. The zero-order valence-electron chi connectivity index (χ0n) is 11.1. The second kappa shape index (κ2) is 11.7. The van der Waals surface area contributed by atoms with Gasteiger partial charge in [0.15, 0.2) is 0 Å². The van der Waals surface area contributed by atoms with Crippen molar-refractivity contribution in [1.29, 1.82) is 0 Å². The van der Waals surface area contributed by atoms with Gasteiger partial charge in [-0.1, -0.05) is 39.0 Å². The van der Waals surface area contributed by atoms with Crippen LogP contribution in [0, 0.1) is 0 Å². The number of hydrogen-bond donors (Lipinski definition) is 0. The molecule has 0 saturated heterocycles. The molecule has 0 aromatic heterocycles. The number of carbonyl (C=O) groups excluding carboxylic acids is 1. The van der Waals surface area contributed by atoms with E-state index in [9.17, 15) is 13.6 Å². The highest BCUT2D eigenvalue weighted by molar-refractivity contribution is 6.18. The fourth-order valence-electron chi connectivity index (χ4n) is 1.80. The third-order valence-electron chi connectivity index (χ3n) is 2.81. The molecule has 0 radical (unpaired) electrons. The zero-order chi connectivity index (χ0) is 13.8. The van der Waals surface area contributed by atoms with Crippen LogP contribution in [0.15, 0.2) is 0 Å². The Labute approximate surface area is 114 Å². The summed E-state index contributed by atoms with van der Waals surface area (Å²) >= 11 is 5.50. The van der Waals surface area contributed by atoms with Crippen LogP contribution in [-0.4, -0.2) is 36.2 Å². The average molecular weight is 284 g/mol. The molecule has 2 nitrogen and oxygen atoms in total. The smallest absolute Gasteiger partial charge is 0.255 e. The largest absolute Gasteiger partial charge is 0.336 e. The van der Waals surface area contributed by atoms with Crippen molar-refractivity contribution in [3.63, 3.8) is 0 Å². The zero-order valence-corrected chi connectivity index (χ0v) is 11.9. The lowest BCUT2D eigenvalue weighted by molar-refractivity contribution is -0.133. The van der Waals surface area contributed by atoms with Crippen molar-refractivity contribution in [2.75, 3.05) is 19.0 Å². The Kier molecular flexibility index (Phi) is 11.4. The van der Waals surface area contributed by atoms with E-state index < -0.39 is 13.0 Å². The Morgan fingerprint density at radius 3 is 2.33 bits per heavy atom. The van der Waals surface area contributed by atoms with E-state index in [1.54, 1.807) is 0 Å². The highest BCUT2D eigenvalue weighted by atomic mass is 35.5. The molecule has 0 aromatic rings. The van der Waals surface area contributed by atoms with Crippen molar-refractivity contribution in [3.8, 4) is 0 Å². The molecule has 0 spiro atoms. The minimum Gasteiger partial charge on any atom is -0.336 e. The molecule has 18 heavy (non-hydrogen) atoms. The van der Waals surface area contributed by atoms with Crippen LogP contribution in [0.5, 0.6) is 0 Å². The summed E-state index contributed by atoms with van der Waals surface area (Å²) in [5, 5.41) is 0. The molecule has 1 amide bonds. The highest BCUT2D eigenvalue weighted by Crippen LogP contribution is 2.09. The van der Waals surface area contributed by atoms with Gasteiger partial charge in [-0.05, 0) is 6.42 Å². The lowest BCUT2D eigenvalue weighted by atomic mass is 10.1. The van der Waals surface area contributed by atoms with Crippen LogP contribution >= 0.6 is 11.6 Å². The monoisotopic (exact) mass is 283 g/mol. The van der Waals surface area contributed by atoms with Crippen LogP contribution in [0.1, 0.15) is 51.9 Å². The Bertz CT molecular complexity index is 215. The van der Waals surface area contributed by atoms with E-state index in [0.717, 1.165) is 19.3 Å². The summed E-state index contributed by atoms with van der Waals surface area (Å²) in [5.41, 5.74) is 0. The minimum atomic E-state index is -2.48. The van der Waals surface area contributed by atoms with Gasteiger partial charge in [0.05, 0.1) is 6.54 Å². The fraction of sp³-hybridized carbons (Fsp3) is 0.923. The van der Waals surface area contributed by atoms with Gasteiger partial charge in [0.1, 0.15) is 0 Å². The van der Waals surface area contributed by atoms with Crippen molar-refractivity contribution >= 4 is 17.5 Å². The number of rotatable bonds is 11. The number of nitrogens with zero attached hydrogens (tertiary/aromatic N) is 1. The van der Waals surface area contributed by atoms with Crippen molar-refractivity contribution in [2.45, 2.75) is 58.3 Å². The first-order valence-corrected chi connectivity index (χ1v) is 7.27. The van der Waals surface area contributed by atoms with E-state index in [0.29, 0.717) is 6.42 Å². The summed E-state index contributed by atoms with van der Waals surface area (Å²) in [6.07, 6.45) is 4.37. The van der Waals surface area contributed by atoms with Crippen LogP contribution in [-0.2, 0) is 4.79 Å². The summed E-state index contributed by atoms with van der Waals surface area (Å²) in [4.78, 5) is 12.9. The average Bonchev–Trinajstić information content (AvgIpc) is 2.32. The van der Waals surface area contributed by atoms with Gasteiger partial charge in [-0.2, -0.15) is 0 Å². The second-order valence-electron chi connectivity index (χ2n) is 4.44. The summed E-state index contributed by atoms with van der Waals surface area (Å²) < 4.78 is 24.5. The molecule has 0 fully saturated rings. The molecule has 0 aliphatic heterocycles. The molecule has 0 aliphatic rings. The van der Waals surface area contributed by atoms with Gasteiger partial charge < -0.3 is 4.90 Å². The van der Waals surface area contributed by atoms with Gasteiger partial charge in [0.25, 0.3) is 6.43 Å². The predicted octanol–water partition coefficient (Wildman–Crippen LogP) is 4.07. The van der Waals surface area contributed by atoms with Crippen LogP contribution in [0.3, 0.4) is 0 Å². The van der Waals surface area contributed by atoms with Gasteiger partial charge in [0.2, 0.25) is 5.91 Å². The Balaban J connectivity index is 3.74. The summed E-state index contributed by atoms with van der Waals surface area (Å²) in [5.74, 6) is 0.000964. The molecular formula is C13H24ClF2NO. The molecule has 0 heterocycles. The Morgan fingerprint density at radius 2 is 1.78 bits per heavy atom. The molecule has 0 unspecified atom stereocenters. The van der Waals surface area contributed by atoms with E-state index in [2.05, 4.69) is 6.92 Å². The second-order valence-corrected chi connectivity index (χ2v) is 4.82. The number of hydrogen-bond acceptors (Lipinski definition) is 1. The fourth-order valence-corrected chi connectivity index (χ4v) is 2.01. The van der Waals surface area contributed by atoms with E-state index in [1.165, 1.54) is 24.2 Å². The minimum absolute atomic E-state index is 0.202. The van der Waals surface area contributed by atoms with Crippen molar-refractivity contribution in [1.82, 2.24) is 4.90 Å². The maximum absolute atomic E-state index is 12.3. The first kappa shape index (κ1) is 17.6. The molecule has 0 N–H and O–H groups in total. The third kappa shape index (κ3) is 9.63. The van der Waals surface area contributed by atoms with E-state index in [-0.39, 0.29) is 18.3 Å². The number of amides is 1. The standard InChI is InChI=1S/C13H24ClF2NO/c1-2-3-4-5-6-7-8-13(18)17(10-9-14)11-12(15)16/h12H,2-11H2,1H3. The van der Waals surface area contributed by atoms with E-state index >= 15 is 0 Å². The van der Waals surface area contributed by atoms with Gasteiger partial charge in [-0.25, -0.2) is 8.78 Å². The lowest BCUT2D eigenvalue weighted by Crippen LogP contribution is -2.36. The van der Waals surface area contributed by atoms with Crippen LogP contribution in [0.2, 0.25) is 0 Å². The molecule has 0 atom stereocenters. The van der Waals surface area contributed by atoms with Crippen LogP contribution in [0.4, 0.5) is 8.78 Å². The van der Waals surface area contributed by atoms with Gasteiger partial charge >= 0.3 is 0 Å². The maximum atomic E-state index is 12.3. The first-order chi connectivity index (χ1) is 8.61. The predicted molar refractivity (Wildman–Crippen MR) is 71.3 cm³/mol. The molecule has 5 heteroatoms. The molecule has 0 aromatic carbocycles. The van der Waals surface area contributed by atoms with Crippen molar-refractivity contribution < 1.29 is 13.6 Å². The van der Waals surface area contributed by atoms with Crippen LogP contribution in [0.25, 0.3) is 0 Å². The molecular weight excluding hydrogens is 260 g/mol. The Morgan fingerprint density at radius 1 is 1.17 bits per heavy atom. The summed E-state index contributed by atoms with van der Waals surface area (Å²) in [6, 6.07) is 0. The molecule has 108 valence electrons. The van der Waals surface area contributed by atoms with Crippen molar-refractivity contribution in [3.05, 3.63) is 0 Å². The quantitative estimate of drug-likeness (QED) is 0.413. The maximum Gasteiger partial charge on any atom is 0.255 e. The van der Waals surface area contributed by atoms with Crippen molar-refractivity contribution in [2.24, 2.45) is 0 Å². The first-order valence-electron chi connectivity index (χ1n) is 6.73. The molecule has 0 aliphatic carbocycles. The number of carbonyl (C=O) groups is 1. The summed E-state index contributed by atoms with van der Waals surface area (Å²) in [6.45, 7) is 1.86.